The first kappa shape index (κ1) is 22.7. The predicted molar refractivity (Wildman–Crippen MR) is 129 cm³/mol. The minimum absolute atomic E-state index is 0.00584. The molecule has 0 radical (unpaired) electrons. The Kier molecular flexibility index (Phi) is 7.95. The predicted octanol–water partition coefficient (Wildman–Crippen LogP) is 6.24. The summed E-state index contributed by atoms with van der Waals surface area (Å²) in [5.41, 5.74) is 3.88. The van der Waals surface area contributed by atoms with E-state index < -0.39 is 0 Å². The van der Waals surface area contributed by atoms with Crippen molar-refractivity contribution in [3.05, 3.63) is 82.3 Å². The van der Waals surface area contributed by atoms with E-state index in [0.717, 1.165) is 27.0 Å². The van der Waals surface area contributed by atoms with E-state index in [1.54, 1.807) is 7.11 Å². The normalized spacial score (nSPS) is 10.6. The van der Waals surface area contributed by atoms with Crippen LogP contribution in [0.5, 0.6) is 11.5 Å². The Morgan fingerprint density at radius 1 is 0.968 bits per heavy atom. The van der Waals surface area contributed by atoms with Crippen LogP contribution in [0.1, 0.15) is 25.0 Å². The van der Waals surface area contributed by atoms with Gasteiger partial charge in [-0.25, -0.2) is 0 Å². The first-order valence-electron chi connectivity index (χ1n) is 10.1. The molecule has 162 valence electrons. The molecule has 0 bridgehead atoms. The van der Waals surface area contributed by atoms with Gasteiger partial charge in [-0.15, -0.1) is 0 Å². The number of benzene rings is 3. The fourth-order valence-electron chi connectivity index (χ4n) is 2.88. The second-order valence-electron chi connectivity index (χ2n) is 7.44. The summed E-state index contributed by atoms with van der Waals surface area (Å²) in [5.74, 6) is 1.32. The quantitative estimate of drug-likeness (QED) is 0.378. The highest BCUT2D eigenvalue weighted by atomic mass is 79.9. The smallest absolute Gasteiger partial charge is 0.226 e. The molecule has 0 aliphatic carbocycles. The lowest BCUT2D eigenvalue weighted by Crippen LogP contribution is -2.17. The minimum Gasteiger partial charge on any atom is -0.493 e. The van der Waals surface area contributed by atoms with Crippen LogP contribution in [0.15, 0.2) is 71.2 Å². The lowest BCUT2D eigenvalue weighted by molar-refractivity contribution is -0.118. The number of amides is 1. The lowest BCUT2D eigenvalue weighted by atomic mass is 10.2. The van der Waals surface area contributed by atoms with Gasteiger partial charge in [0.1, 0.15) is 6.61 Å². The van der Waals surface area contributed by atoms with Crippen LogP contribution in [-0.2, 0) is 17.9 Å². The molecule has 3 aromatic rings. The summed E-state index contributed by atoms with van der Waals surface area (Å²) in [6.45, 7) is 4.82. The molecule has 0 unspecified atom stereocenters. The van der Waals surface area contributed by atoms with Crippen LogP contribution in [0.2, 0.25) is 0 Å². The standard InChI is InChI=1S/C25H27BrN2O3/c1-17(2)25(29)28-21-11-9-20(10-12-21)27-15-19-13-23(30-3)24(14-22(19)26)31-16-18-7-5-4-6-8-18/h4-14,17,27H,15-16H2,1-3H3,(H,28,29). The summed E-state index contributed by atoms with van der Waals surface area (Å²) in [4.78, 5) is 11.8. The van der Waals surface area contributed by atoms with Crippen LogP contribution >= 0.6 is 15.9 Å². The highest BCUT2D eigenvalue weighted by Crippen LogP contribution is 2.34. The highest BCUT2D eigenvalue weighted by molar-refractivity contribution is 9.10. The van der Waals surface area contributed by atoms with Crippen molar-refractivity contribution in [2.45, 2.75) is 27.0 Å². The summed E-state index contributed by atoms with van der Waals surface area (Å²) in [6.07, 6.45) is 0. The molecule has 3 aromatic carbocycles. The summed E-state index contributed by atoms with van der Waals surface area (Å²) < 4.78 is 12.4. The van der Waals surface area contributed by atoms with Crippen molar-refractivity contribution in [3.63, 3.8) is 0 Å². The highest BCUT2D eigenvalue weighted by Gasteiger charge is 2.11. The number of hydrogen-bond acceptors (Lipinski definition) is 4. The Hall–Kier alpha value is -2.99. The summed E-state index contributed by atoms with van der Waals surface area (Å²) in [5, 5.41) is 6.29. The van der Waals surface area contributed by atoms with Gasteiger partial charge in [0, 0.05) is 28.3 Å². The Bertz CT molecular complexity index is 1010. The zero-order valence-corrected chi connectivity index (χ0v) is 19.5. The zero-order valence-electron chi connectivity index (χ0n) is 17.9. The van der Waals surface area contributed by atoms with Gasteiger partial charge in [0.15, 0.2) is 11.5 Å². The first-order valence-corrected chi connectivity index (χ1v) is 10.9. The molecular formula is C25H27BrN2O3. The maximum Gasteiger partial charge on any atom is 0.226 e. The lowest BCUT2D eigenvalue weighted by Gasteiger charge is -2.15. The van der Waals surface area contributed by atoms with Gasteiger partial charge in [0.05, 0.1) is 7.11 Å². The molecule has 0 fully saturated rings. The van der Waals surface area contributed by atoms with E-state index in [2.05, 4.69) is 26.6 Å². The van der Waals surface area contributed by atoms with Crippen LogP contribution < -0.4 is 20.1 Å². The molecule has 1 amide bonds. The van der Waals surface area contributed by atoms with Crippen LogP contribution in [0.25, 0.3) is 0 Å². The molecule has 5 nitrogen and oxygen atoms in total. The van der Waals surface area contributed by atoms with Gasteiger partial charge in [-0.05, 0) is 47.5 Å². The molecule has 3 rings (SSSR count). The second kappa shape index (κ2) is 10.9. The number of anilines is 2. The number of carbonyl (C=O) groups excluding carboxylic acids is 1. The van der Waals surface area contributed by atoms with E-state index in [1.165, 1.54) is 0 Å². The molecule has 0 atom stereocenters. The zero-order chi connectivity index (χ0) is 22.2. The number of methoxy groups -OCH3 is 1. The number of nitrogens with one attached hydrogen (secondary N) is 2. The van der Waals surface area contributed by atoms with Crippen LogP contribution in [-0.4, -0.2) is 13.0 Å². The molecule has 0 heterocycles. The van der Waals surface area contributed by atoms with Crippen molar-refractivity contribution >= 4 is 33.2 Å². The van der Waals surface area contributed by atoms with E-state index in [4.69, 9.17) is 9.47 Å². The fourth-order valence-corrected chi connectivity index (χ4v) is 3.34. The first-order chi connectivity index (χ1) is 15.0. The molecule has 6 heteroatoms. The van der Waals surface area contributed by atoms with E-state index in [9.17, 15) is 4.79 Å². The molecule has 0 aromatic heterocycles. The minimum atomic E-state index is -0.0511. The average Bonchev–Trinajstić information content (AvgIpc) is 2.78. The SMILES string of the molecule is COc1cc(CNc2ccc(NC(=O)C(C)C)cc2)c(Br)cc1OCc1ccccc1. The largest absolute Gasteiger partial charge is 0.493 e. The third-order valence-electron chi connectivity index (χ3n) is 4.73. The number of carbonyl (C=O) groups is 1. The molecular weight excluding hydrogens is 456 g/mol. The number of rotatable bonds is 9. The van der Waals surface area contributed by atoms with E-state index >= 15 is 0 Å². The van der Waals surface area contributed by atoms with E-state index in [0.29, 0.717) is 24.7 Å². The summed E-state index contributed by atoms with van der Waals surface area (Å²) in [7, 11) is 1.64. The summed E-state index contributed by atoms with van der Waals surface area (Å²) in [6, 6.07) is 21.6. The molecule has 31 heavy (non-hydrogen) atoms. The second-order valence-corrected chi connectivity index (χ2v) is 8.30. The molecule has 2 N–H and O–H groups in total. The number of hydrogen-bond donors (Lipinski definition) is 2. The third-order valence-corrected chi connectivity index (χ3v) is 5.47. The van der Waals surface area contributed by atoms with Crippen molar-refractivity contribution in [3.8, 4) is 11.5 Å². The van der Waals surface area contributed by atoms with Gasteiger partial charge in [-0.3, -0.25) is 4.79 Å². The van der Waals surface area contributed by atoms with E-state index in [1.807, 2.05) is 80.6 Å². The third kappa shape index (κ3) is 6.49. The van der Waals surface area contributed by atoms with Crippen LogP contribution in [0.4, 0.5) is 11.4 Å². The van der Waals surface area contributed by atoms with Gasteiger partial charge >= 0.3 is 0 Å². The van der Waals surface area contributed by atoms with Crippen molar-refractivity contribution in [2.75, 3.05) is 17.7 Å². The van der Waals surface area contributed by atoms with Crippen LogP contribution in [0, 0.1) is 5.92 Å². The maximum atomic E-state index is 11.8. The van der Waals surface area contributed by atoms with Gasteiger partial charge in [-0.1, -0.05) is 60.1 Å². The number of halogens is 1. The molecule has 0 aliphatic rings. The molecule has 0 saturated carbocycles. The Morgan fingerprint density at radius 2 is 1.65 bits per heavy atom. The topological polar surface area (TPSA) is 59.6 Å². The van der Waals surface area contributed by atoms with Gasteiger partial charge in [-0.2, -0.15) is 0 Å². The van der Waals surface area contributed by atoms with Gasteiger partial charge < -0.3 is 20.1 Å². The Balaban J connectivity index is 1.63. The van der Waals surface area contributed by atoms with Gasteiger partial charge in [0.2, 0.25) is 5.91 Å². The van der Waals surface area contributed by atoms with E-state index in [-0.39, 0.29) is 11.8 Å². The molecule has 0 saturated heterocycles. The molecule has 0 aliphatic heterocycles. The van der Waals surface area contributed by atoms with Crippen LogP contribution in [0.3, 0.4) is 0 Å². The average molecular weight is 483 g/mol. The molecule has 0 spiro atoms. The monoisotopic (exact) mass is 482 g/mol. The fraction of sp³-hybridized carbons (Fsp3) is 0.240. The number of ether oxygens (including phenoxy) is 2. The van der Waals surface area contributed by atoms with Crippen molar-refractivity contribution in [1.29, 1.82) is 0 Å². The Morgan fingerprint density at radius 3 is 2.29 bits per heavy atom. The van der Waals surface area contributed by atoms with Crippen molar-refractivity contribution < 1.29 is 14.3 Å². The van der Waals surface area contributed by atoms with Gasteiger partial charge in [0.25, 0.3) is 0 Å². The maximum absolute atomic E-state index is 11.8. The van der Waals surface area contributed by atoms with Crippen molar-refractivity contribution in [1.82, 2.24) is 0 Å². The summed E-state index contributed by atoms with van der Waals surface area (Å²) >= 11 is 3.64. The Labute approximate surface area is 191 Å². The van der Waals surface area contributed by atoms with Crippen molar-refractivity contribution in [2.24, 2.45) is 5.92 Å².